The minimum absolute atomic E-state index is 0.203. The Hall–Kier alpha value is -7.16. The van der Waals surface area contributed by atoms with Crippen LogP contribution < -0.4 is 4.90 Å². The number of benzene rings is 9. The Labute approximate surface area is 356 Å². The van der Waals surface area contributed by atoms with Gasteiger partial charge in [0.25, 0.3) is 0 Å². The molecular weight excluding hydrogens is 691 g/mol. The number of nitrogens with zero attached hydrogens (tertiary/aromatic N) is 1. The minimum Gasteiger partial charge on any atom is -0.456 e. The first-order chi connectivity index (χ1) is 35.1. The SMILES string of the molecule is [2H]c1c([2H])c(N(c2ccc(-c3ccccc3)cc2)c2ccc3c(c2)C(C)(C)c2ccccc2-3)c([2H])c([2H])c1-c1c([2H])c([2H])c2c([2H])c([2H])c([2H])c([2H])c2c1-c1c([2H])c([2H])c2c(oc3c([2H])c([2H])c([2H])c([2H])c32)c1[2H]. The van der Waals surface area contributed by atoms with E-state index in [2.05, 4.69) is 26.0 Å². The highest BCUT2D eigenvalue weighted by Gasteiger charge is 2.35. The van der Waals surface area contributed by atoms with Gasteiger partial charge in [0.15, 0.2) is 0 Å². The predicted molar refractivity (Wildman–Crippen MR) is 240 cm³/mol. The van der Waals surface area contributed by atoms with E-state index in [1.807, 2.05) is 72.8 Å². The van der Waals surface area contributed by atoms with Gasteiger partial charge in [-0.1, -0.05) is 159 Å². The summed E-state index contributed by atoms with van der Waals surface area (Å²) in [7, 11) is 0. The molecule has 0 spiro atoms. The molecule has 0 radical (unpaired) electrons. The van der Waals surface area contributed by atoms with Crippen molar-refractivity contribution in [1.29, 1.82) is 0 Å². The Morgan fingerprint density at radius 2 is 1.12 bits per heavy atom. The third-order valence-corrected chi connectivity index (χ3v) is 10.8. The summed E-state index contributed by atoms with van der Waals surface area (Å²) in [6.07, 6.45) is 0. The Balaban J connectivity index is 1.23. The van der Waals surface area contributed by atoms with Crippen LogP contribution in [0.5, 0.6) is 0 Å². The second kappa shape index (κ2) is 13.0. The molecule has 0 aliphatic heterocycles. The van der Waals surface area contributed by atoms with Gasteiger partial charge in [-0.2, -0.15) is 0 Å². The van der Waals surface area contributed by atoms with Crippen molar-refractivity contribution in [3.05, 3.63) is 211 Å². The fraction of sp³-hybridized carbons (Fsp3) is 0.0545. The van der Waals surface area contributed by atoms with Crippen LogP contribution in [0.1, 0.15) is 48.3 Å². The summed E-state index contributed by atoms with van der Waals surface area (Å²) in [5.74, 6) is 0. The molecule has 11 rings (SSSR count). The van der Waals surface area contributed by atoms with Crippen molar-refractivity contribution >= 4 is 49.8 Å². The number of hydrogen-bond acceptors (Lipinski definition) is 2. The number of anilines is 3. The van der Waals surface area contributed by atoms with Gasteiger partial charge in [0, 0.05) is 33.2 Å². The number of furan rings is 1. The van der Waals surface area contributed by atoms with E-state index >= 15 is 0 Å². The molecule has 1 aromatic heterocycles. The molecule has 0 atom stereocenters. The highest BCUT2D eigenvalue weighted by atomic mass is 16.3. The summed E-state index contributed by atoms with van der Waals surface area (Å²) in [4.78, 5) is 1.62. The quantitative estimate of drug-likeness (QED) is 0.168. The monoisotopic (exact) mass is 746 g/mol. The Morgan fingerprint density at radius 1 is 0.456 bits per heavy atom. The Bertz CT molecular complexity index is 4100. The molecule has 0 unspecified atom stereocenters. The summed E-state index contributed by atoms with van der Waals surface area (Å²) in [6.45, 7) is 4.21. The van der Waals surface area contributed by atoms with Crippen molar-refractivity contribution in [2.45, 2.75) is 19.3 Å². The van der Waals surface area contributed by atoms with Crippen LogP contribution in [0.25, 0.3) is 77.2 Å². The second-order valence-corrected chi connectivity index (χ2v) is 14.4. The smallest absolute Gasteiger partial charge is 0.136 e. The molecule has 0 bridgehead atoms. The van der Waals surface area contributed by atoms with E-state index in [0.29, 0.717) is 11.4 Å². The van der Waals surface area contributed by atoms with Crippen molar-refractivity contribution in [1.82, 2.24) is 0 Å². The highest BCUT2D eigenvalue weighted by Crippen LogP contribution is 2.51. The fourth-order valence-corrected chi connectivity index (χ4v) is 7.98. The lowest BCUT2D eigenvalue weighted by Crippen LogP contribution is -2.16. The lowest BCUT2D eigenvalue weighted by atomic mass is 9.82. The second-order valence-electron chi connectivity index (χ2n) is 14.4. The molecule has 1 heterocycles. The molecule has 2 heteroatoms. The Morgan fingerprint density at radius 3 is 1.96 bits per heavy atom. The molecule has 0 N–H and O–H groups in total. The van der Waals surface area contributed by atoms with E-state index in [1.54, 1.807) is 17.0 Å². The van der Waals surface area contributed by atoms with Gasteiger partial charge in [-0.25, -0.2) is 0 Å². The first-order valence-corrected chi connectivity index (χ1v) is 18.4. The molecule has 0 fully saturated rings. The van der Waals surface area contributed by atoms with Crippen molar-refractivity contribution in [3.8, 4) is 44.5 Å². The zero-order valence-electron chi connectivity index (χ0n) is 47.6. The molecule has 57 heavy (non-hydrogen) atoms. The summed E-state index contributed by atoms with van der Waals surface area (Å²) in [5, 5.41) is -1.65. The van der Waals surface area contributed by atoms with Crippen LogP contribution in [0.4, 0.5) is 17.1 Å². The standard InChI is InChI=1S/C55H39NO/c1-55(2)50-18-10-8-16-46(50)47-33-30-43(35-51(47)55)56(41-26-20-37(21-27-41)36-12-4-3-5-13-36)42-28-22-39(23-29-42)45-31-24-38-14-6-7-15-44(38)54(45)40-25-32-49-48-17-9-11-19-52(48)57-53(49)34-40/h3-35H,1-2H3/i6D,7D,9D,11D,14D,15D,17D,19D,22D,23D,24D,25D,28D,29D,31D,32D,34D. The zero-order valence-corrected chi connectivity index (χ0v) is 30.6. The van der Waals surface area contributed by atoms with Crippen LogP contribution in [0.3, 0.4) is 0 Å². The third kappa shape index (κ3) is 5.40. The van der Waals surface area contributed by atoms with Crippen LogP contribution >= 0.6 is 0 Å². The van der Waals surface area contributed by atoms with Crippen LogP contribution in [-0.2, 0) is 5.41 Å². The normalized spacial score (nSPS) is 17.1. The van der Waals surface area contributed by atoms with Crippen molar-refractivity contribution < 1.29 is 27.7 Å². The van der Waals surface area contributed by atoms with Gasteiger partial charge in [0.05, 0.1) is 23.3 Å². The van der Waals surface area contributed by atoms with Crippen LogP contribution in [0, 0.1) is 0 Å². The average Bonchev–Trinajstić information content (AvgIpc) is 3.94. The van der Waals surface area contributed by atoms with Crippen molar-refractivity contribution in [3.63, 3.8) is 0 Å². The largest absolute Gasteiger partial charge is 0.456 e. The van der Waals surface area contributed by atoms with Gasteiger partial charge in [-0.15, -0.1) is 0 Å². The molecule has 270 valence electrons. The van der Waals surface area contributed by atoms with E-state index < -0.39 is 152 Å². The van der Waals surface area contributed by atoms with E-state index in [-0.39, 0.29) is 16.5 Å². The minimum atomic E-state index is -0.838. The predicted octanol–water partition coefficient (Wildman–Crippen LogP) is 15.5. The molecular formula is C55H39NO. The van der Waals surface area contributed by atoms with Gasteiger partial charge in [0.2, 0.25) is 0 Å². The molecule has 2 nitrogen and oxygen atoms in total. The highest BCUT2D eigenvalue weighted by molar-refractivity contribution is 6.09. The van der Waals surface area contributed by atoms with Crippen LogP contribution in [0.2, 0.25) is 0 Å². The van der Waals surface area contributed by atoms with E-state index in [0.717, 1.165) is 33.4 Å². The molecule has 0 amide bonds. The first kappa shape index (κ1) is 20.1. The molecule has 9 aromatic carbocycles. The summed E-state index contributed by atoms with van der Waals surface area (Å²) in [5.41, 5.74) is 2.85. The zero-order chi connectivity index (χ0) is 52.9. The Kier molecular flexibility index (Phi) is 4.58. The fourth-order valence-electron chi connectivity index (χ4n) is 7.98. The van der Waals surface area contributed by atoms with Crippen LogP contribution in [0.15, 0.2) is 204 Å². The first-order valence-electron chi connectivity index (χ1n) is 26.9. The molecule has 0 saturated carbocycles. The van der Waals surface area contributed by atoms with E-state index in [4.69, 9.17) is 14.0 Å². The maximum Gasteiger partial charge on any atom is 0.136 e. The molecule has 1 aliphatic carbocycles. The lowest BCUT2D eigenvalue weighted by molar-refractivity contribution is 0.660. The van der Waals surface area contributed by atoms with E-state index in [9.17, 15) is 13.7 Å². The van der Waals surface area contributed by atoms with Gasteiger partial charge in [-0.3, -0.25) is 0 Å². The summed E-state index contributed by atoms with van der Waals surface area (Å²) >= 11 is 0. The topological polar surface area (TPSA) is 16.4 Å². The van der Waals surface area contributed by atoms with Gasteiger partial charge < -0.3 is 9.32 Å². The third-order valence-electron chi connectivity index (χ3n) is 10.8. The lowest BCUT2D eigenvalue weighted by Gasteiger charge is -2.28. The molecule has 1 aliphatic rings. The summed E-state index contributed by atoms with van der Waals surface area (Å²) in [6, 6.07) is 18.5. The molecule has 10 aromatic rings. The number of rotatable bonds is 6. The maximum absolute atomic E-state index is 9.88. The van der Waals surface area contributed by atoms with Crippen molar-refractivity contribution in [2.24, 2.45) is 0 Å². The number of para-hydroxylation sites is 1. The van der Waals surface area contributed by atoms with Gasteiger partial charge in [0.1, 0.15) is 11.2 Å². The van der Waals surface area contributed by atoms with Gasteiger partial charge in [-0.05, 0) is 121 Å². The van der Waals surface area contributed by atoms with Crippen molar-refractivity contribution in [2.75, 3.05) is 4.90 Å². The molecule has 0 saturated heterocycles. The van der Waals surface area contributed by atoms with E-state index in [1.165, 1.54) is 0 Å². The van der Waals surface area contributed by atoms with Crippen LogP contribution in [-0.4, -0.2) is 0 Å². The maximum atomic E-state index is 9.88. The van der Waals surface area contributed by atoms with Gasteiger partial charge >= 0.3 is 0 Å². The summed E-state index contributed by atoms with van der Waals surface area (Å²) < 4.78 is 162. The number of hydrogen-bond donors (Lipinski definition) is 0. The average molecular weight is 747 g/mol. The number of fused-ring (bicyclic) bond motifs is 7.